The van der Waals surface area contributed by atoms with Gasteiger partial charge in [0.25, 0.3) is 0 Å². The topological polar surface area (TPSA) is 97.7 Å². The molecule has 5 aromatic rings. The zero-order chi connectivity index (χ0) is 26.1. The summed E-state index contributed by atoms with van der Waals surface area (Å²) in [6.07, 6.45) is 4.74. The van der Waals surface area contributed by atoms with E-state index >= 15 is 0 Å². The Morgan fingerprint density at radius 3 is 2.89 bits per heavy atom. The number of aryl methyl sites for hydroxylation is 1. The van der Waals surface area contributed by atoms with Crippen molar-refractivity contribution in [2.24, 2.45) is 0 Å². The van der Waals surface area contributed by atoms with Crippen LogP contribution in [-0.4, -0.2) is 37.0 Å². The van der Waals surface area contributed by atoms with Gasteiger partial charge >= 0.3 is 0 Å². The van der Waals surface area contributed by atoms with Gasteiger partial charge in [0, 0.05) is 33.5 Å². The molecule has 0 saturated carbocycles. The summed E-state index contributed by atoms with van der Waals surface area (Å²) >= 11 is 1.55. The third-order valence-electron chi connectivity index (χ3n) is 5.60. The number of benzene rings is 1. The third-order valence-corrected chi connectivity index (χ3v) is 6.54. The minimum absolute atomic E-state index is 0.160. The van der Waals surface area contributed by atoms with Gasteiger partial charge in [-0.05, 0) is 62.1 Å². The molecule has 0 aliphatic heterocycles. The van der Waals surface area contributed by atoms with Gasteiger partial charge < -0.3 is 10.1 Å². The van der Waals surface area contributed by atoms with E-state index in [0.717, 1.165) is 21.2 Å². The molecule has 0 bridgehead atoms. The van der Waals surface area contributed by atoms with Gasteiger partial charge in [-0.25, -0.2) is 14.1 Å². The van der Waals surface area contributed by atoms with Gasteiger partial charge in [0.15, 0.2) is 5.82 Å². The van der Waals surface area contributed by atoms with Crippen LogP contribution in [-0.2, 0) is 11.3 Å². The Balaban J connectivity index is 1.76. The maximum atomic E-state index is 14.3. The maximum absolute atomic E-state index is 14.3. The van der Waals surface area contributed by atoms with Crippen LogP contribution in [0.15, 0.2) is 60.8 Å². The van der Waals surface area contributed by atoms with Gasteiger partial charge in [-0.15, -0.1) is 11.3 Å². The Morgan fingerprint density at radius 1 is 1.32 bits per heavy atom. The van der Waals surface area contributed by atoms with Crippen LogP contribution >= 0.6 is 11.3 Å². The number of aromatic nitrogens is 5. The van der Waals surface area contributed by atoms with Crippen molar-refractivity contribution in [3.63, 3.8) is 0 Å². The summed E-state index contributed by atoms with van der Waals surface area (Å²) in [6, 6.07) is 8.35. The molecule has 1 amide bonds. The quantitative estimate of drug-likeness (QED) is 0.263. The first-order valence-corrected chi connectivity index (χ1v) is 12.6. The van der Waals surface area contributed by atoms with E-state index < -0.39 is 0 Å². The first-order valence-electron chi connectivity index (χ1n) is 11.7. The lowest BCUT2D eigenvalue weighted by atomic mass is 9.99. The molecule has 0 radical (unpaired) electrons. The van der Waals surface area contributed by atoms with Crippen LogP contribution in [0.1, 0.15) is 25.1 Å². The molecule has 2 N–H and O–H groups in total. The van der Waals surface area contributed by atoms with Gasteiger partial charge in [0.1, 0.15) is 23.0 Å². The summed E-state index contributed by atoms with van der Waals surface area (Å²) in [5.41, 5.74) is 4.33. The van der Waals surface area contributed by atoms with Crippen molar-refractivity contribution in [3.05, 3.63) is 77.8 Å². The number of carbonyl (C=O) groups is 1. The zero-order valence-corrected chi connectivity index (χ0v) is 21.4. The fourth-order valence-corrected chi connectivity index (χ4v) is 4.98. The number of halogens is 1. The summed E-state index contributed by atoms with van der Waals surface area (Å²) in [5.74, 6) is 0.401. The highest BCUT2D eigenvalue weighted by molar-refractivity contribution is 7.18. The maximum Gasteiger partial charge on any atom is 0.243 e. The number of rotatable bonds is 8. The number of aromatic amines is 1. The standard InChI is InChI=1S/C27H25FN6O2S/c1-5-23(35)29-13-18-11-21(33-32-18)25-24(19-7-6-17(28)10-22(19)36-15(2)3)26-20(8-9-37-26)27(31-25)34-14-16(4)12-30-34/h5-12,14-15H,1,13H2,2-4H3,(H,29,35)(H,32,33). The van der Waals surface area contributed by atoms with E-state index in [-0.39, 0.29) is 24.4 Å². The molecule has 4 aromatic heterocycles. The third kappa shape index (κ3) is 4.88. The number of pyridine rings is 1. The first-order chi connectivity index (χ1) is 17.8. The Labute approximate surface area is 216 Å². The number of hydrogen-bond donors (Lipinski definition) is 2. The minimum atomic E-state index is -0.389. The zero-order valence-electron chi connectivity index (χ0n) is 20.6. The number of nitrogens with one attached hydrogen (secondary N) is 2. The molecule has 0 atom stereocenters. The second-order valence-electron chi connectivity index (χ2n) is 8.79. The Hall–Kier alpha value is -4.31. The summed E-state index contributed by atoms with van der Waals surface area (Å²) in [4.78, 5) is 16.7. The van der Waals surface area contributed by atoms with Crippen molar-refractivity contribution >= 4 is 27.3 Å². The lowest BCUT2D eigenvalue weighted by Crippen LogP contribution is -2.20. The van der Waals surface area contributed by atoms with Crippen molar-refractivity contribution in [2.75, 3.05) is 0 Å². The molecular formula is C27H25FN6O2S. The molecule has 37 heavy (non-hydrogen) atoms. The van der Waals surface area contributed by atoms with Crippen molar-refractivity contribution < 1.29 is 13.9 Å². The predicted octanol–water partition coefficient (Wildman–Crippen LogP) is 5.58. The highest BCUT2D eigenvalue weighted by Gasteiger charge is 2.24. The normalized spacial score (nSPS) is 11.3. The summed E-state index contributed by atoms with van der Waals surface area (Å²) in [6.45, 7) is 9.49. The minimum Gasteiger partial charge on any atom is -0.490 e. The molecule has 1 aromatic carbocycles. The van der Waals surface area contributed by atoms with Gasteiger partial charge in [0.05, 0.1) is 24.5 Å². The molecule has 0 spiro atoms. The summed E-state index contributed by atoms with van der Waals surface area (Å²) in [7, 11) is 0. The monoisotopic (exact) mass is 516 g/mol. The van der Waals surface area contributed by atoms with Crippen LogP contribution in [0.4, 0.5) is 4.39 Å². The Morgan fingerprint density at radius 2 is 2.16 bits per heavy atom. The second kappa shape index (κ2) is 9.98. The highest BCUT2D eigenvalue weighted by atomic mass is 32.1. The molecule has 0 aliphatic carbocycles. The molecular weight excluding hydrogens is 491 g/mol. The van der Waals surface area contributed by atoms with E-state index in [2.05, 4.69) is 27.2 Å². The number of carbonyl (C=O) groups excluding carboxylic acids is 1. The van der Waals surface area contributed by atoms with Crippen LogP contribution in [0, 0.1) is 12.7 Å². The lowest BCUT2D eigenvalue weighted by Gasteiger charge is -2.18. The van der Waals surface area contributed by atoms with Gasteiger partial charge in [-0.1, -0.05) is 6.58 Å². The smallest absolute Gasteiger partial charge is 0.243 e. The molecule has 5 rings (SSSR count). The van der Waals surface area contributed by atoms with E-state index in [0.29, 0.717) is 34.2 Å². The summed E-state index contributed by atoms with van der Waals surface area (Å²) < 4.78 is 23.0. The number of hydrogen-bond acceptors (Lipinski definition) is 6. The molecule has 4 heterocycles. The lowest BCUT2D eigenvalue weighted by molar-refractivity contribution is -0.116. The van der Waals surface area contributed by atoms with Crippen molar-refractivity contribution in [3.8, 4) is 34.1 Å². The van der Waals surface area contributed by atoms with Crippen LogP contribution in [0.3, 0.4) is 0 Å². The molecule has 8 nitrogen and oxygen atoms in total. The molecule has 188 valence electrons. The van der Waals surface area contributed by atoms with E-state index in [1.165, 1.54) is 18.2 Å². The SMILES string of the molecule is C=CC(=O)NCc1cc(-c2nc(-n3cc(C)cn3)c3ccsc3c2-c2ccc(F)cc2OC(C)C)n[nH]1. The molecule has 0 aliphatic rings. The van der Waals surface area contributed by atoms with Gasteiger partial charge in [0.2, 0.25) is 5.91 Å². The van der Waals surface area contributed by atoms with Gasteiger partial charge in [-0.3, -0.25) is 9.89 Å². The number of amides is 1. The Kier molecular flexibility index (Phi) is 6.58. The number of nitrogens with zero attached hydrogens (tertiary/aromatic N) is 4. The molecule has 0 unspecified atom stereocenters. The number of H-pyrrole nitrogens is 1. The molecule has 0 saturated heterocycles. The first kappa shape index (κ1) is 24.4. The fourth-order valence-electron chi connectivity index (χ4n) is 4.03. The van der Waals surface area contributed by atoms with E-state index in [4.69, 9.17) is 9.72 Å². The largest absolute Gasteiger partial charge is 0.490 e. The fraction of sp³-hybridized carbons (Fsp3) is 0.185. The van der Waals surface area contributed by atoms with E-state index in [9.17, 15) is 9.18 Å². The van der Waals surface area contributed by atoms with Crippen LogP contribution in [0.25, 0.3) is 38.4 Å². The average Bonchev–Trinajstić information content (AvgIpc) is 3.62. The number of ether oxygens (including phenoxy) is 1. The van der Waals surface area contributed by atoms with Crippen LogP contribution in [0.2, 0.25) is 0 Å². The Bertz CT molecular complexity index is 1620. The molecule has 0 fully saturated rings. The van der Waals surface area contributed by atoms with E-state index in [1.54, 1.807) is 28.3 Å². The van der Waals surface area contributed by atoms with Crippen LogP contribution < -0.4 is 10.1 Å². The highest BCUT2D eigenvalue weighted by Crippen LogP contribution is 2.44. The average molecular weight is 517 g/mol. The molecule has 10 heteroatoms. The predicted molar refractivity (Wildman–Crippen MR) is 142 cm³/mol. The van der Waals surface area contributed by atoms with Crippen LogP contribution in [0.5, 0.6) is 5.75 Å². The number of thiophene rings is 1. The van der Waals surface area contributed by atoms with Crippen molar-refractivity contribution in [2.45, 2.75) is 33.4 Å². The number of fused-ring (bicyclic) bond motifs is 1. The van der Waals surface area contributed by atoms with Crippen molar-refractivity contribution in [1.29, 1.82) is 0 Å². The summed E-state index contributed by atoms with van der Waals surface area (Å²) in [5, 5.41) is 17.6. The van der Waals surface area contributed by atoms with Gasteiger partial charge in [-0.2, -0.15) is 10.2 Å². The second-order valence-corrected chi connectivity index (χ2v) is 9.71. The van der Waals surface area contributed by atoms with Crippen molar-refractivity contribution in [1.82, 2.24) is 30.3 Å². The van der Waals surface area contributed by atoms with E-state index in [1.807, 2.05) is 44.5 Å².